The molecule has 0 fully saturated rings. The molecule has 2 amide bonds. The van der Waals surface area contributed by atoms with Crippen LogP contribution in [0, 0.1) is 0 Å². The van der Waals surface area contributed by atoms with Crippen LogP contribution in [0.15, 0.2) is 146 Å². The lowest BCUT2D eigenvalue weighted by Gasteiger charge is -2.31. The molecule has 2 N–H and O–H groups in total. The molecule has 10 heteroatoms. The lowest BCUT2D eigenvalue weighted by Crippen LogP contribution is -2.40. The minimum Gasteiger partial charge on any atom is -0.340 e. The van der Waals surface area contributed by atoms with Gasteiger partial charge >= 0.3 is 0 Å². The van der Waals surface area contributed by atoms with Crippen LogP contribution in [0.1, 0.15) is 46.9 Å². The molecule has 0 aliphatic carbocycles. The van der Waals surface area contributed by atoms with E-state index in [0.29, 0.717) is 13.1 Å². The number of imidazole rings is 2. The normalized spacial score (nSPS) is 17.6. The van der Waals surface area contributed by atoms with E-state index in [1.54, 1.807) is 0 Å². The number of aromatic amines is 2. The summed E-state index contributed by atoms with van der Waals surface area (Å²) in [7, 11) is 7.75. The van der Waals surface area contributed by atoms with E-state index < -0.39 is 0 Å². The molecule has 0 bridgehead atoms. The maximum Gasteiger partial charge on any atom is 0.245 e. The van der Waals surface area contributed by atoms with E-state index in [1.165, 1.54) is 0 Å². The summed E-state index contributed by atoms with van der Waals surface area (Å²) in [5.41, 5.74) is 7.94. The van der Waals surface area contributed by atoms with Crippen molar-refractivity contribution in [3.05, 3.63) is 169 Å². The number of amides is 2. The Morgan fingerprint density at radius 1 is 0.554 bits per heavy atom. The van der Waals surface area contributed by atoms with Gasteiger partial charge in [-0.2, -0.15) is 0 Å². The zero-order valence-corrected chi connectivity index (χ0v) is 32.1. The van der Waals surface area contributed by atoms with Gasteiger partial charge in [-0.3, -0.25) is 19.4 Å². The summed E-state index contributed by atoms with van der Waals surface area (Å²) >= 11 is 0. The smallest absolute Gasteiger partial charge is 0.245 e. The van der Waals surface area contributed by atoms with Gasteiger partial charge in [0.25, 0.3) is 0 Å². The topological polar surface area (TPSA) is 104 Å². The Morgan fingerprint density at radius 3 is 1.27 bits per heavy atom. The minimum atomic E-state index is -0.384. The summed E-state index contributed by atoms with van der Waals surface area (Å²) in [6.45, 7) is 1.08. The number of benzene rings is 4. The van der Waals surface area contributed by atoms with E-state index in [1.807, 2.05) is 145 Å². The Kier molecular flexibility index (Phi) is 10.3. The maximum atomic E-state index is 13.9. The fourth-order valence-electron chi connectivity index (χ4n) is 7.83. The van der Waals surface area contributed by atoms with E-state index in [2.05, 4.69) is 58.5 Å². The average molecular weight is 743 g/mol. The van der Waals surface area contributed by atoms with Gasteiger partial charge in [-0.05, 0) is 61.6 Å². The van der Waals surface area contributed by atoms with Crippen LogP contribution in [-0.2, 0) is 9.59 Å². The number of hydrogen-bond acceptors (Lipinski definition) is 6. The SMILES string of the molecule is CN(C)C(C(=O)N1CC=CC1c1ncc(-c2ccc(-c3ccc(-c4cnc(C5C=CCN5C(=O)C(c5ccccc5)N(C)C)[nH]4)cc3)cc2)[nH]1)c1ccccc1. The molecule has 8 rings (SSSR count). The minimum absolute atomic E-state index is 0.0411. The summed E-state index contributed by atoms with van der Waals surface area (Å²) in [6.07, 6.45) is 11.8. The van der Waals surface area contributed by atoms with Crippen molar-refractivity contribution < 1.29 is 9.59 Å². The predicted molar refractivity (Wildman–Crippen MR) is 220 cm³/mol. The maximum absolute atomic E-state index is 13.9. The van der Waals surface area contributed by atoms with Crippen molar-refractivity contribution in [1.29, 1.82) is 0 Å². The summed E-state index contributed by atoms with van der Waals surface area (Å²) in [5.74, 6) is 1.56. The van der Waals surface area contributed by atoms with Gasteiger partial charge in [0, 0.05) is 13.1 Å². The first-order valence-electron chi connectivity index (χ1n) is 18.9. The first-order valence-corrected chi connectivity index (χ1v) is 18.9. The van der Waals surface area contributed by atoms with Gasteiger partial charge in [0.15, 0.2) is 0 Å². The van der Waals surface area contributed by atoms with Gasteiger partial charge in [0.05, 0.1) is 23.8 Å². The number of H-pyrrole nitrogens is 2. The van der Waals surface area contributed by atoms with E-state index >= 15 is 0 Å². The molecule has 56 heavy (non-hydrogen) atoms. The lowest BCUT2D eigenvalue weighted by molar-refractivity contribution is -0.137. The second-order valence-corrected chi connectivity index (χ2v) is 14.8. The second kappa shape index (κ2) is 15.8. The summed E-state index contributed by atoms with van der Waals surface area (Å²) in [5, 5.41) is 0. The Labute approximate surface area is 327 Å². The first kappa shape index (κ1) is 36.6. The van der Waals surface area contributed by atoms with Gasteiger partial charge in [-0.1, -0.05) is 133 Å². The molecule has 10 nitrogen and oxygen atoms in total. The Bertz CT molecular complexity index is 2180. The third-order valence-corrected chi connectivity index (χ3v) is 10.7. The van der Waals surface area contributed by atoms with E-state index in [9.17, 15) is 9.59 Å². The van der Waals surface area contributed by atoms with Crippen molar-refractivity contribution in [3.63, 3.8) is 0 Å². The third kappa shape index (κ3) is 7.24. The molecule has 6 aromatic rings. The van der Waals surface area contributed by atoms with Crippen LogP contribution in [-0.4, -0.2) is 92.6 Å². The molecule has 0 saturated carbocycles. The van der Waals surface area contributed by atoms with Crippen LogP contribution >= 0.6 is 0 Å². The van der Waals surface area contributed by atoms with Gasteiger partial charge in [0.1, 0.15) is 35.8 Å². The van der Waals surface area contributed by atoms with Gasteiger partial charge in [0.2, 0.25) is 11.8 Å². The Balaban J connectivity index is 0.933. The van der Waals surface area contributed by atoms with E-state index in [4.69, 9.17) is 9.97 Å². The molecular weight excluding hydrogens is 697 g/mol. The number of aromatic nitrogens is 4. The van der Waals surface area contributed by atoms with Crippen LogP contribution in [0.25, 0.3) is 33.6 Å². The summed E-state index contributed by atoms with van der Waals surface area (Å²) in [4.78, 5) is 51.9. The van der Waals surface area contributed by atoms with Gasteiger partial charge < -0.3 is 19.8 Å². The number of likely N-dealkylation sites (N-methyl/N-ethyl adjacent to an activating group) is 2. The molecule has 282 valence electrons. The second-order valence-electron chi connectivity index (χ2n) is 14.8. The number of rotatable bonds is 11. The average Bonchev–Trinajstić information content (AvgIpc) is 4.06. The largest absolute Gasteiger partial charge is 0.340 e. The quantitative estimate of drug-likeness (QED) is 0.133. The number of hydrogen-bond donors (Lipinski definition) is 2. The number of nitrogens with zero attached hydrogens (tertiary/aromatic N) is 6. The highest BCUT2D eigenvalue weighted by molar-refractivity contribution is 5.85. The molecule has 2 aromatic heterocycles. The highest BCUT2D eigenvalue weighted by Crippen LogP contribution is 2.34. The van der Waals surface area contributed by atoms with Crippen molar-refractivity contribution in [2.75, 3.05) is 41.3 Å². The van der Waals surface area contributed by atoms with Crippen molar-refractivity contribution in [2.45, 2.75) is 24.2 Å². The molecule has 4 atom stereocenters. The highest BCUT2D eigenvalue weighted by atomic mass is 16.2. The summed E-state index contributed by atoms with van der Waals surface area (Å²) < 4.78 is 0. The van der Waals surface area contributed by atoms with Crippen molar-refractivity contribution in [3.8, 4) is 33.6 Å². The number of carbonyl (C=O) groups excluding carboxylic acids is 2. The standard InChI is InChI=1S/C46H46N8O2/c1-51(2)41(35-13-7-5-8-14-35)45(55)53-27-11-17-39(53)43-47-29-37(49-43)33-23-19-31(20-24-33)32-21-25-34(26-22-32)38-30-48-44(50-38)40-18-12-28-54(40)46(56)42(52(3)4)36-15-9-6-10-16-36/h5-26,29-30,39-42H,27-28H2,1-4H3,(H,47,49)(H,48,50). The van der Waals surface area contributed by atoms with Crippen molar-refractivity contribution in [2.24, 2.45) is 0 Å². The zero-order valence-electron chi connectivity index (χ0n) is 32.1. The van der Waals surface area contributed by atoms with Crippen LogP contribution < -0.4 is 0 Å². The van der Waals surface area contributed by atoms with E-state index in [-0.39, 0.29) is 36.0 Å². The predicted octanol–water partition coefficient (Wildman–Crippen LogP) is 7.62. The molecule has 4 aromatic carbocycles. The molecule has 4 unspecified atom stereocenters. The molecular formula is C46H46N8O2. The number of nitrogens with one attached hydrogen (secondary N) is 2. The third-order valence-electron chi connectivity index (χ3n) is 10.7. The highest BCUT2D eigenvalue weighted by Gasteiger charge is 2.36. The van der Waals surface area contributed by atoms with Crippen molar-refractivity contribution in [1.82, 2.24) is 39.5 Å². The van der Waals surface area contributed by atoms with Crippen LogP contribution in [0.3, 0.4) is 0 Å². The molecule has 2 aliphatic rings. The fraction of sp³-hybridized carbons (Fsp3) is 0.217. The Hall–Kier alpha value is -6.36. The lowest BCUT2D eigenvalue weighted by atomic mass is 10.0. The van der Waals surface area contributed by atoms with Crippen LogP contribution in [0.4, 0.5) is 0 Å². The monoisotopic (exact) mass is 742 g/mol. The number of carbonyl (C=O) groups is 2. The summed E-state index contributed by atoms with van der Waals surface area (Å²) in [6, 6.07) is 35.3. The van der Waals surface area contributed by atoms with Crippen LogP contribution in [0.5, 0.6) is 0 Å². The first-order chi connectivity index (χ1) is 27.3. The fourth-order valence-corrected chi connectivity index (χ4v) is 7.83. The van der Waals surface area contributed by atoms with Gasteiger partial charge in [-0.25, -0.2) is 9.97 Å². The molecule has 2 aliphatic heterocycles. The Morgan fingerprint density at radius 2 is 0.911 bits per heavy atom. The molecule has 0 radical (unpaired) electrons. The molecule has 4 heterocycles. The van der Waals surface area contributed by atoms with E-state index in [0.717, 1.165) is 56.4 Å². The van der Waals surface area contributed by atoms with Crippen molar-refractivity contribution >= 4 is 11.8 Å². The molecule has 0 saturated heterocycles. The zero-order chi connectivity index (χ0) is 38.8. The van der Waals surface area contributed by atoms with Crippen LogP contribution in [0.2, 0.25) is 0 Å². The van der Waals surface area contributed by atoms with Gasteiger partial charge in [-0.15, -0.1) is 0 Å². The molecule has 0 spiro atoms.